The molecule has 7 nitrogen and oxygen atoms in total. The van der Waals surface area contributed by atoms with Crippen molar-refractivity contribution in [1.82, 2.24) is 5.32 Å². The lowest BCUT2D eigenvalue weighted by Crippen LogP contribution is -2.22. The molecule has 0 bridgehead atoms. The molecule has 0 unspecified atom stereocenters. The van der Waals surface area contributed by atoms with Crippen LogP contribution in [0, 0.1) is 11.3 Å². The summed E-state index contributed by atoms with van der Waals surface area (Å²) in [6.45, 7) is 1.80. The van der Waals surface area contributed by atoms with Gasteiger partial charge in [0.2, 0.25) is 0 Å². The number of nitrogens with one attached hydrogen (secondary N) is 2. The van der Waals surface area contributed by atoms with Crippen molar-refractivity contribution in [2.24, 2.45) is 0 Å². The van der Waals surface area contributed by atoms with Crippen LogP contribution >= 0.6 is 11.6 Å². The van der Waals surface area contributed by atoms with Crippen LogP contribution < -0.4 is 15.4 Å². The van der Waals surface area contributed by atoms with E-state index in [1.54, 1.807) is 25.1 Å². The summed E-state index contributed by atoms with van der Waals surface area (Å²) in [5.41, 5.74) is 0.216. The van der Waals surface area contributed by atoms with Crippen molar-refractivity contribution in [1.29, 1.82) is 5.26 Å². The SMILES string of the molecule is CCOC(=O)CN/C=C(/C#N)C(=O)Nc1ccc(OC)c(Cl)c1. The molecule has 0 saturated heterocycles. The quantitative estimate of drug-likeness (QED) is 0.447. The van der Waals surface area contributed by atoms with E-state index < -0.39 is 11.9 Å². The summed E-state index contributed by atoms with van der Waals surface area (Å²) >= 11 is 5.95. The van der Waals surface area contributed by atoms with Gasteiger partial charge in [0, 0.05) is 11.9 Å². The molecular weight excluding hydrogens is 322 g/mol. The zero-order valence-electron chi connectivity index (χ0n) is 12.7. The van der Waals surface area contributed by atoms with Gasteiger partial charge >= 0.3 is 5.97 Å². The second-order valence-corrected chi connectivity index (χ2v) is 4.57. The summed E-state index contributed by atoms with van der Waals surface area (Å²) in [6, 6.07) is 6.42. The van der Waals surface area contributed by atoms with Crippen LogP contribution in [0.3, 0.4) is 0 Å². The molecule has 0 aliphatic heterocycles. The maximum absolute atomic E-state index is 12.0. The molecule has 0 aromatic heterocycles. The fourth-order valence-corrected chi connectivity index (χ4v) is 1.80. The van der Waals surface area contributed by atoms with Gasteiger partial charge in [-0.3, -0.25) is 9.59 Å². The standard InChI is InChI=1S/C15H16ClN3O4/c1-3-23-14(20)9-18-8-10(7-17)15(21)19-11-4-5-13(22-2)12(16)6-11/h4-6,8,18H,3,9H2,1-2H3,(H,19,21)/b10-8-. The van der Waals surface area contributed by atoms with Gasteiger partial charge in [-0.1, -0.05) is 11.6 Å². The second-order valence-electron chi connectivity index (χ2n) is 4.16. The van der Waals surface area contributed by atoms with E-state index >= 15 is 0 Å². The number of carbonyl (C=O) groups is 2. The largest absolute Gasteiger partial charge is 0.495 e. The highest BCUT2D eigenvalue weighted by Gasteiger charge is 2.11. The maximum Gasteiger partial charge on any atom is 0.325 e. The minimum atomic E-state index is -0.634. The van der Waals surface area contributed by atoms with E-state index in [1.807, 2.05) is 0 Å². The predicted molar refractivity (Wildman–Crippen MR) is 85.0 cm³/mol. The molecule has 1 aromatic rings. The second kappa shape index (κ2) is 9.33. The van der Waals surface area contributed by atoms with Crippen LogP contribution in [-0.4, -0.2) is 32.1 Å². The van der Waals surface area contributed by atoms with Gasteiger partial charge in [0.25, 0.3) is 5.91 Å². The molecule has 0 radical (unpaired) electrons. The lowest BCUT2D eigenvalue weighted by molar-refractivity contribution is -0.141. The molecule has 1 aromatic carbocycles. The Balaban J connectivity index is 2.68. The van der Waals surface area contributed by atoms with Gasteiger partial charge in [0.05, 0.1) is 18.7 Å². The zero-order valence-corrected chi connectivity index (χ0v) is 13.4. The number of hydrogen-bond donors (Lipinski definition) is 2. The highest BCUT2D eigenvalue weighted by Crippen LogP contribution is 2.27. The number of nitrogens with zero attached hydrogens (tertiary/aromatic N) is 1. The van der Waals surface area contributed by atoms with Crippen LogP contribution in [0.2, 0.25) is 5.02 Å². The van der Waals surface area contributed by atoms with Crippen LogP contribution in [0.4, 0.5) is 5.69 Å². The molecule has 0 spiro atoms. The number of benzene rings is 1. The first-order valence-electron chi connectivity index (χ1n) is 6.66. The number of esters is 1. The van der Waals surface area contributed by atoms with E-state index in [0.29, 0.717) is 16.5 Å². The Morgan fingerprint density at radius 2 is 2.17 bits per heavy atom. The topological polar surface area (TPSA) is 100 Å². The lowest BCUT2D eigenvalue weighted by Gasteiger charge is -2.08. The summed E-state index contributed by atoms with van der Waals surface area (Å²) in [5.74, 6) is -0.648. The van der Waals surface area contributed by atoms with Crippen molar-refractivity contribution in [3.8, 4) is 11.8 Å². The van der Waals surface area contributed by atoms with E-state index in [1.165, 1.54) is 13.2 Å². The number of ether oxygens (including phenoxy) is 2. The van der Waals surface area contributed by atoms with Crippen molar-refractivity contribution < 1.29 is 19.1 Å². The van der Waals surface area contributed by atoms with E-state index in [0.717, 1.165) is 6.20 Å². The number of rotatable bonds is 7. The number of hydrogen-bond acceptors (Lipinski definition) is 6. The highest BCUT2D eigenvalue weighted by molar-refractivity contribution is 6.32. The van der Waals surface area contributed by atoms with Crippen LogP contribution in [-0.2, 0) is 14.3 Å². The number of carbonyl (C=O) groups excluding carboxylic acids is 2. The van der Waals surface area contributed by atoms with Gasteiger partial charge in [-0.25, -0.2) is 0 Å². The Morgan fingerprint density at radius 3 is 2.74 bits per heavy atom. The minimum absolute atomic E-state index is 0.138. The number of methoxy groups -OCH3 is 1. The van der Waals surface area contributed by atoms with Gasteiger partial charge in [-0.05, 0) is 25.1 Å². The maximum atomic E-state index is 12.0. The third kappa shape index (κ3) is 5.88. The number of anilines is 1. The summed E-state index contributed by atoms with van der Waals surface area (Å²) in [6.07, 6.45) is 1.15. The summed E-state index contributed by atoms with van der Waals surface area (Å²) in [4.78, 5) is 23.1. The lowest BCUT2D eigenvalue weighted by atomic mass is 10.2. The molecule has 122 valence electrons. The number of nitriles is 1. The Bertz CT molecular complexity index is 653. The van der Waals surface area contributed by atoms with Crippen molar-refractivity contribution in [3.05, 3.63) is 35.0 Å². The summed E-state index contributed by atoms with van der Waals surface area (Å²) in [7, 11) is 1.48. The van der Waals surface area contributed by atoms with Crippen LogP contribution in [0.1, 0.15) is 6.92 Å². The average Bonchev–Trinajstić information content (AvgIpc) is 2.52. The Kier molecular flexibility index (Phi) is 7.43. The first-order valence-corrected chi connectivity index (χ1v) is 7.03. The van der Waals surface area contributed by atoms with Gasteiger partial charge < -0.3 is 20.1 Å². The monoisotopic (exact) mass is 337 g/mol. The molecule has 0 aliphatic carbocycles. The Labute approximate surface area is 138 Å². The van der Waals surface area contributed by atoms with Crippen LogP contribution in [0.5, 0.6) is 5.75 Å². The third-order valence-electron chi connectivity index (χ3n) is 2.57. The molecule has 8 heteroatoms. The molecular formula is C15H16ClN3O4. The molecule has 0 saturated carbocycles. The number of amides is 1. The molecule has 0 heterocycles. The van der Waals surface area contributed by atoms with E-state index in [2.05, 4.69) is 10.6 Å². The fraction of sp³-hybridized carbons (Fsp3) is 0.267. The predicted octanol–water partition coefficient (Wildman–Crippen LogP) is 1.85. The van der Waals surface area contributed by atoms with Crippen LogP contribution in [0.15, 0.2) is 30.0 Å². The van der Waals surface area contributed by atoms with Crippen molar-refractivity contribution in [3.63, 3.8) is 0 Å². The molecule has 2 N–H and O–H groups in total. The Hall–Kier alpha value is -2.72. The summed E-state index contributed by atoms with van der Waals surface area (Å²) in [5, 5.41) is 14.4. The Morgan fingerprint density at radius 1 is 1.43 bits per heavy atom. The highest BCUT2D eigenvalue weighted by atomic mass is 35.5. The first kappa shape index (κ1) is 18.3. The van der Waals surface area contributed by atoms with Crippen molar-refractivity contribution in [2.75, 3.05) is 25.6 Å². The van der Waals surface area contributed by atoms with Gasteiger partial charge in [0.1, 0.15) is 23.9 Å². The fourth-order valence-electron chi connectivity index (χ4n) is 1.54. The van der Waals surface area contributed by atoms with Gasteiger partial charge in [-0.2, -0.15) is 5.26 Å². The third-order valence-corrected chi connectivity index (χ3v) is 2.87. The van der Waals surface area contributed by atoms with Gasteiger partial charge in [0.15, 0.2) is 0 Å². The van der Waals surface area contributed by atoms with E-state index in [9.17, 15) is 9.59 Å². The molecule has 0 fully saturated rings. The van der Waals surface area contributed by atoms with Crippen molar-refractivity contribution >= 4 is 29.2 Å². The average molecular weight is 338 g/mol. The zero-order chi connectivity index (χ0) is 17.2. The first-order chi connectivity index (χ1) is 11.0. The van der Waals surface area contributed by atoms with Crippen molar-refractivity contribution in [2.45, 2.75) is 6.92 Å². The van der Waals surface area contributed by atoms with E-state index in [4.69, 9.17) is 26.3 Å². The normalized spacial score (nSPS) is 10.4. The van der Waals surface area contributed by atoms with E-state index in [-0.39, 0.29) is 18.7 Å². The van der Waals surface area contributed by atoms with Gasteiger partial charge in [-0.15, -0.1) is 0 Å². The number of halogens is 1. The minimum Gasteiger partial charge on any atom is -0.495 e. The molecule has 23 heavy (non-hydrogen) atoms. The smallest absolute Gasteiger partial charge is 0.325 e. The molecule has 0 aliphatic rings. The summed E-state index contributed by atoms with van der Waals surface area (Å²) < 4.78 is 9.71. The molecule has 1 rings (SSSR count). The van der Waals surface area contributed by atoms with Crippen LogP contribution in [0.25, 0.3) is 0 Å². The molecule has 0 atom stereocenters. The molecule has 1 amide bonds.